The maximum absolute atomic E-state index is 11.7. The van der Waals surface area contributed by atoms with E-state index in [1.165, 1.54) is 0 Å². The van der Waals surface area contributed by atoms with Gasteiger partial charge in [0, 0.05) is 0 Å². The zero-order valence-corrected chi connectivity index (χ0v) is 12.5. The van der Waals surface area contributed by atoms with Crippen LogP contribution in [0.25, 0.3) is 0 Å². The van der Waals surface area contributed by atoms with E-state index >= 15 is 0 Å². The molecule has 116 valence electrons. The second kappa shape index (κ2) is 6.58. The van der Waals surface area contributed by atoms with E-state index < -0.39 is 29.8 Å². The quantitative estimate of drug-likeness (QED) is 0.850. The van der Waals surface area contributed by atoms with Crippen LogP contribution in [0.5, 0.6) is 0 Å². The summed E-state index contributed by atoms with van der Waals surface area (Å²) in [4.78, 5) is 22.8. The summed E-state index contributed by atoms with van der Waals surface area (Å²) in [5.41, 5.74) is 0.346. The van der Waals surface area contributed by atoms with Crippen molar-refractivity contribution in [1.29, 1.82) is 0 Å². The summed E-state index contributed by atoms with van der Waals surface area (Å²) in [6.07, 6.45) is -2.35. The fourth-order valence-corrected chi connectivity index (χ4v) is 1.80. The summed E-state index contributed by atoms with van der Waals surface area (Å²) in [6, 6.07) is 5.16. The average Bonchev–Trinajstić information content (AvgIpc) is 2.33. The van der Waals surface area contributed by atoms with Gasteiger partial charge in [0.2, 0.25) is 0 Å². The third kappa shape index (κ3) is 5.07. The predicted octanol–water partition coefficient (Wildman–Crippen LogP) is 0.672. The van der Waals surface area contributed by atoms with Crippen LogP contribution in [0.3, 0.4) is 0 Å². The van der Waals surface area contributed by atoms with E-state index in [9.17, 15) is 19.8 Å². The summed E-state index contributed by atoms with van der Waals surface area (Å²) < 4.78 is 4.98. The maximum Gasteiger partial charge on any atom is 0.408 e. The van der Waals surface area contributed by atoms with Crippen molar-refractivity contribution < 1.29 is 24.5 Å². The molecule has 1 amide bonds. The molecule has 0 saturated carbocycles. The van der Waals surface area contributed by atoms with Crippen molar-refractivity contribution in [3.8, 4) is 0 Å². The van der Waals surface area contributed by atoms with E-state index in [0.29, 0.717) is 11.1 Å². The summed E-state index contributed by atoms with van der Waals surface area (Å²) in [5, 5.41) is 23.5. The molecule has 21 heavy (non-hydrogen) atoms. The average molecular weight is 294 g/mol. The summed E-state index contributed by atoms with van der Waals surface area (Å²) in [6.45, 7) is 6.69. The second-order valence-electron chi connectivity index (χ2n) is 5.74. The minimum absolute atomic E-state index is 0.405. The molecule has 1 aromatic rings. The number of aliphatic carboxylic acids is 1. The number of ether oxygens (including phenoxy) is 1. The van der Waals surface area contributed by atoms with E-state index in [0.717, 1.165) is 0 Å². The lowest BCUT2D eigenvalue weighted by Crippen LogP contribution is -2.52. The van der Waals surface area contributed by atoms with Crippen LogP contribution in [0.4, 0.5) is 4.79 Å². The van der Waals surface area contributed by atoms with Crippen LogP contribution in [-0.4, -0.2) is 28.8 Å². The number of amides is 1. The van der Waals surface area contributed by atoms with Gasteiger partial charge in [-0.05, 0) is 38.8 Å². The number of aliphatic hydroxyl groups is 1. The first-order chi connectivity index (χ1) is 9.61. The molecular weight excluding hydrogens is 274 g/mol. The highest BCUT2D eigenvalue weighted by Gasteiger charge is 2.27. The molecule has 0 spiro atoms. The van der Waals surface area contributed by atoms with Crippen molar-refractivity contribution >= 4 is 12.1 Å². The van der Waals surface area contributed by atoms with Gasteiger partial charge in [0.25, 0.3) is 0 Å². The van der Waals surface area contributed by atoms with Crippen LogP contribution in [-0.2, 0) is 9.53 Å². The SMILES string of the molecule is Cc1ccccc1[C@@H](O)[C@@H](NC(=O)OC(C)(C)C)C(=O)[O-]. The monoisotopic (exact) mass is 294 g/mol. The Morgan fingerprint density at radius 3 is 2.33 bits per heavy atom. The molecule has 0 aliphatic carbocycles. The highest BCUT2D eigenvalue weighted by molar-refractivity contribution is 5.79. The van der Waals surface area contributed by atoms with Gasteiger partial charge in [-0.1, -0.05) is 24.3 Å². The Balaban J connectivity index is 2.90. The lowest BCUT2D eigenvalue weighted by atomic mass is 9.98. The standard InChI is InChI=1S/C15H21NO5/c1-9-7-5-6-8-10(9)12(17)11(13(18)19)16-14(20)21-15(2,3)4/h5-8,11-12,17H,1-4H3,(H,16,20)(H,18,19)/p-1/t11-,12-/m1/s1. The van der Waals surface area contributed by atoms with Gasteiger partial charge >= 0.3 is 6.09 Å². The number of rotatable bonds is 4. The molecule has 6 heteroatoms. The van der Waals surface area contributed by atoms with Gasteiger partial charge in [-0.25, -0.2) is 4.79 Å². The van der Waals surface area contributed by atoms with Crippen LogP contribution < -0.4 is 10.4 Å². The smallest absolute Gasteiger partial charge is 0.408 e. The number of carbonyl (C=O) groups excluding carboxylic acids is 2. The summed E-state index contributed by atoms with van der Waals surface area (Å²) >= 11 is 0. The second-order valence-corrected chi connectivity index (χ2v) is 5.74. The molecule has 0 saturated heterocycles. The number of carboxylic acid groups (broad SMARTS) is 1. The Bertz CT molecular complexity index is 521. The Labute approximate surface area is 123 Å². The van der Waals surface area contributed by atoms with Gasteiger partial charge in [-0.15, -0.1) is 0 Å². The first kappa shape index (κ1) is 17.0. The molecule has 0 aliphatic heterocycles. The lowest BCUT2D eigenvalue weighted by Gasteiger charge is -2.28. The Kier molecular flexibility index (Phi) is 5.32. The molecule has 0 radical (unpaired) electrons. The number of hydrogen-bond acceptors (Lipinski definition) is 5. The number of benzene rings is 1. The number of aryl methyl sites for hydroxylation is 1. The first-order valence-corrected chi connectivity index (χ1v) is 6.56. The zero-order chi connectivity index (χ0) is 16.2. The van der Waals surface area contributed by atoms with Crippen molar-refractivity contribution in [3.63, 3.8) is 0 Å². The van der Waals surface area contributed by atoms with E-state index in [4.69, 9.17) is 4.74 Å². The Hall–Kier alpha value is -2.08. The molecule has 6 nitrogen and oxygen atoms in total. The van der Waals surface area contributed by atoms with Crippen LogP contribution >= 0.6 is 0 Å². The minimum Gasteiger partial charge on any atom is -0.548 e. The zero-order valence-electron chi connectivity index (χ0n) is 12.5. The molecule has 1 aromatic carbocycles. The Morgan fingerprint density at radius 2 is 1.86 bits per heavy atom. The molecule has 1 rings (SSSR count). The number of carbonyl (C=O) groups is 2. The van der Waals surface area contributed by atoms with E-state index in [1.807, 2.05) is 0 Å². The van der Waals surface area contributed by atoms with E-state index in [2.05, 4.69) is 5.32 Å². The summed E-state index contributed by atoms with van der Waals surface area (Å²) in [7, 11) is 0. The fourth-order valence-electron chi connectivity index (χ4n) is 1.80. The van der Waals surface area contributed by atoms with Crippen molar-refractivity contribution in [2.45, 2.75) is 45.4 Å². The van der Waals surface area contributed by atoms with E-state index in [1.54, 1.807) is 52.0 Å². The molecule has 0 unspecified atom stereocenters. The van der Waals surface area contributed by atoms with Crippen LogP contribution in [0, 0.1) is 6.92 Å². The molecule has 0 heterocycles. The molecule has 2 N–H and O–H groups in total. The number of alkyl carbamates (subject to hydrolysis) is 1. The van der Waals surface area contributed by atoms with Crippen molar-refractivity contribution in [2.24, 2.45) is 0 Å². The minimum atomic E-state index is -1.60. The number of hydrogen-bond donors (Lipinski definition) is 2. The number of carboxylic acids is 1. The highest BCUT2D eigenvalue weighted by Crippen LogP contribution is 2.20. The predicted molar refractivity (Wildman–Crippen MR) is 74.3 cm³/mol. The van der Waals surface area contributed by atoms with Gasteiger partial charge < -0.3 is 25.1 Å². The van der Waals surface area contributed by atoms with Gasteiger partial charge in [0.05, 0.1) is 5.97 Å². The molecule has 0 aromatic heterocycles. The van der Waals surface area contributed by atoms with Gasteiger partial charge in [0.15, 0.2) is 0 Å². The van der Waals surface area contributed by atoms with Crippen LogP contribution in [0.2, 0.25) is 0 Å². The van der Waals surface area contributed by atoms with Gasteiger partial charge in [0.1, 0.15) is 17.7 Å². The molecule has 2 atom stereocenters. The Morgan fingerprint density at radius 1 is 1.29 bits per heavy atom. The number of aliphatic hydroxyl groups excluding tert-OH is 1. The van der Waals surface area contributed by atoms with Crippen LogP contribution in [0.15, 0.2) is 24.3 Å². The first-order valence-electron chi connectivity index (χ1n) is 6.56. The van der Waals surface area contributed by atoms with Crippen LogP contribution in [0.1, 0.15) is 38.0 Å². The maximum atomic E-state index is 11.7. The third-order valence-electron chi connectivity index (χ3n) is 2.75. The third-order valence-corrected chi connectivity index (χ3v) is 2.75. The highest BCUT2D eigenvalue weighted by atomic mass is 16.6. The molecular formula is C15H20NO5-. The van der Waals surface area contributed by atoms with Crippen molar-refractivity contribution in [3.05, 3.63) is 35.4 Å². The van der Waals surface area contributed by atoms with Gasteiger partial charge in [-0.3, -0.25) is 0 Å². The summed E-state index contributed by atoms with van der Waals surface area (Å²) in [5.74, 6) is -1.59. The molecule has 0 bridgehead atoms. The van der Waals surface area contributed by atoms with Gasteiger partial charge in [-0.2, -0.15) is 0 Å². The molecule has 0 aliphatic rings. The van der Waals surface area contributed by atoms with E-state index in [-0.39, 0.29) is 0 Å². The molecule has 0 fully saturated rings. The topological polar surface area (TPSA) is 98.7 Å². The number of nitrogens with one attached hydrogen (secondary N) is 1. The largest absolute Gasteiger partial charge is 0.548 e. The van der Waals surface area contributed by atoms with Crippen molar-refractivity contribution in [2.75, 3.05) is 0 Å². The normalized spacial score (nSPS) is 14.1. The lowest BCUT2D eigenvalue weighted by molar-refractivity contribution is -0.310. The van der Waals surface area contributed by atoms with Crippen molar-refractivity contribution in [1.82, 2.24) is 5.32 Å². The fraction of sp³-hybridized carbons (Fsp3) is 0.467.